The van der Waals surface area contributed by atoms with Crippen molar-refractivity contribution in [2.75, 3.05) is 20.3 Å². The molecule has 0 aromatic rings. The predicted molar refractivity (Wildman–Crippen MR) is 69.0 cm³/mol. The van der Waals surface area contributed by atoms with Crippen LogP contribution in [0.3, 0.4) is 0 Å². The lowest BCUT2D eigenvalue weighted by Crippen LogP contribution is -2.52. The van der Waals surface area contributed by atoms with Gasteiger partial charge in [-0.1, -0.05) is 13.8 Å². The zero-order valence-corrected chi connectivity index (χ0v) is 11.5. The second kappa shape index (κ2) is 5.25. The van der Waals surface area contributed by atoms with Crippen LogP contribution in [-0.2, 0) is 4.74 Å². The summed E-state index contributed by atoms with van der Waals surface area (Å²) < 4.78 is 5.34. The molecule has 3 heteroatoms. The molecule has 0 bridgehead atoms. The van der Waals surface area contributed by atoms with E-state index < -0.39 is 0 Å². The van der Waals surface area contributed by atoms with E-state index in [9.17, 15) is 5.11 Å². The van der Waals surface area contributed by atoms with E-state index >= 15 is 0 Å². The first-order valence-corrected chi connectivity index (χ1v) is 6.97. The van der Waals surface area contributed by atoms with Crippen molar-refractivity contribution in [3.63, 3.8) is 0 Å². The summed E-state index contributed by atoms with van der Waals surface area (Å²) in [7, 11) is 1.79. The highest BCUT2D eigenvalue weighted by atomic mass is 16.5. The van der Waals surface area contributed by atoms with Crippen LogP contribution >= 0.6 is 0 Å². The number of hydrogen-bond acceptors (Lipinski definition) is 3. The highest BCUT2D eigenvalue weighted by Gasteiger charge is 2.42. The molecule has 1 N–H and O–H groups in total. The predicted octanol–water partition coefficient (Wildman–Crippen LogP) is 2.04. The summed E-state index contributed by atoms with van der Waals surface area (Å²) in [6.45, 7) is 6.72. The summed E-state index contributed by atoms with van der Waals surface area (Å²) in [5.41, 5.74) is 0.329. The fourth-order valence-electron chi connectivity index (χ4n) is 3.62. The van der Waals surface area contributed by atoms with Crippen molar-refractivity contribution in [3.05, 3.63) is 0 Å². The first kappa shape index (κ1) is 13.3. The van der Waals surface area contributed by atoms with Crippen molar-refractivity contribution in [2.24, 2.45) is 5.41 Å². The smallest absolute Gasteiger partial charge is 0.0618 e. The molecule has 0 spiro atoms. The Hall–Kier alpha value is -0.120. The van der Waals surface area contributed by atoms with Gasteiger partial charge in [-0.05, 0) is 44.1 Å². The molecule has 3 atom stereocenters. The number of methoxy groups -OCH3 is 1. The van der Waals surface area contributed by atoms with Gasteiger partial charge in [0.1, 0.15) is 0 Å². The van der Waals surface area contributed by atoms with E-state index in [1.54, 1.807) is 7.11 Å². The van der Waals surface area contributed by atoms with Gasteiger partial charge in [0.05, 0.1) is 12.7 Å². The van der Waals surface area contributed by atoms with E-state index in [0.29, 0.717) is 17.5 Å². The molecule has 17 heavy (non-hydrogen) atoms. The third-order valence-electron chi connectivity index (χ3n) is 4.70. The summed E-state index contributed by atoms with van der Waals surface area (Å²) in [6, 6.07) is 1.09. The lowest BCUT2D eigenvalue weighted by molar-refractivity contribution is -0.0283. The maximum Gasteiger partial charge on any atom is 0.0618 e. The lowest BCUT2D eigenvalue weighted by atomic mass is 9.71. The van der Waals surface area contributed by atoms with Gasteiger partial charge < -0.3 is 9.84 Å². The normalized spacial score (nSPS) is 38.5. The maximum absolute atomic E-state index is 9.93. The molecule has 2 aliphatic rings. The quantitative estimate of drug-likeness (QED) is 0.820. The van der Waals surface area contributed by atoms with Crippen molar-refractivity contribution in [1.82, 2.24) is 4.90 Å². The maximum atomic E-state index is 9.93. The summed E-state index contributed by atoms with van der Waals surface area (Å²) in [5, 5.41) is 9.93. The Morgan fingerprint density at radius 1 is 1.35 bits per heavy atom. The standard InChI is InChI=1S/C14H27NO2/c1-14(2)7-6-12(16)9-13(14)15-8-4-5-11(15)10-17-3/h11-13,16H,4-10H2,1-3H3. The van der Waals surface area contributed by atoms with Gasteiger partial charge in [0.2, 0.25) is 0 Å². The minimum absolute atomic E-state index is 0.100. The van der Waals surface area contributed by atoms with E-state index in [1.165, 1.54) is 19.4 Å². The van der Waals surface area contributed by atoms with Crippen molar-refractivity contribution in [3.8, 4) is 0 Å². The summed E-state index contributed by atoms with van der Waals surface area (Å²) >= 11 is 0. The number of aliphatic hydroxyl groups excluding tert-OH is 1. The molecule has 3 nitrogen and oxygen atoms in total. The third-order valence-corrected chi connectivity index (χ3v) is 4.70. The van der Waals surface area contributed by atoms with Gasteiger partial charge in [-0.3, -0.25) is 4.90 Å². The Morgan fingerprint density at radius 2 is 2.12 bits per heavy atom. The Kier molecular flexibility index (Phi) is 4.11. The number of ether oxygens (including phenoxy) is 1. The molecular formula is C14H27NO2. The summed E-state index contributed by atoms with van der Waals surface area (Å²) in [4.78, 5) is 2.60. The van der Waals surface area contributed by atoms with Crippen LogP contribution in [-0.4, -0.2) is 48.5 Å². The molecule has 100 valence electrons. The molecule has 1 saturated carbocycles. The molecule has 0 aromatic carbocycles. The van der Waals surface area contributed by atoms with Gasteiger partial charge in [-0.2, -0.15) is 0 Å². The zero-order chi connectivity index (χ0) is 12.5. The van der Waals surface area contributed by atoms with Gasteiger partial charge in [-0.25, -0.2) is 0 Å². The second-order valence-corrected chi connectivity index (χ2v) is 6.42. The molecule has 1 saturated heterocycles. The summed E-state index contributed by atoms with van der Waals surface area (Å²) in [5.74, 6) is 0. The lowest BCUT2D eigenvalue weighted by Gasteiger charge is -2.47. The van der Waals surface area contributed by atoms with Crippen molar-refractivity contribution >= 4 is 0 Å². The van der Waals surface area contributed by atoms with Crippen LogP contribution in [0, 0.1) is 5.41 Å². The Balaban J connectivity index is 2.07. The molecule has 0 aromatic heterocycles. The van der Waals surface area contributed by atoms with Crippen LogP contribution in [0.4, 0.5) is 0 Å². The first-order chi connectivity index (χ1) is 8.04. The van der Waals surface area contributed by atoms with E-state index in [-0.39, 0.29) is 6.10 Å². The number of likely N-dealkylation sites (tertiary alicyclic amines) is 1. The molecule has 1 aliphatic carbocycles. The molecule has 0 radical (unpaired) electrons. The number of rotatable bonds is 3. The molecular weight excluding hydrogens is 214 g/mol. The summed E-state index contributed by atoms with van der Waals surface area (Å²) in [6.07, 6.45) is 5.46. The van der Waals surface area contributed by atoms with Crippen molar-refractivity contribution in [1.29, 1.82) is 0 Å². The SMILES string of the molecule is COCC1CCCN1C1CC(O)CCC1(C)C. The average Bonchev–Trinajstić information content (AvgIpc) is 2.70. The Morgan fingerprint density at radius 3 is 2.82 bits per heavy atom. The average molecular weight is 241 g/mol. The van der Waals surface area contributed by atoms with Crippen LogP contribution in [0.25, 0.3) is 0 Å². The Bertz CT molecular complexity index is 255. The third kappa shape index (κ3) is 2.83. The van der Waals surface area contributed by atoms with Crippen LogP contribution in [0.15, 0.2) is 0 Å². The van der Waals surface area contributed by atoms with Gasteiger partial charge in [0, 0.05) is 19.2 Å². The van der Waals surface area contributed by atoms with E-state index in [4.69, 9.17) is 4.74 Å². The number of hydrogen-bond donors (Lipinski definition) is 1. The fraction of sp³-hybridized carbons (Fsp3) is 1.00. The largest absolute Gasteiger partial charge is 0.393 e. The highest BCUT2D eigenvalue weighted by molar-refractivity contribution is 4.96. The van der Waals surface area contributed by atoms with Crippen molar-refractivity contribution in [2.45, 2.75) is 64.1 Å². The topological polar surface area (TPSA) is 32.7 Å². The molecule has 2 fully saturated rings. The van der Waals surface area contributed by atoms with Gasteiger partial charge >= 0.3 is 0 Å². The fourth-order valence-corrected chi connectivity index (χ4v) is 3.62. The zero-order valence-electron chi connectivity index (χ0n) is 11.5. The minimum Gasteiger partial charge on any atom is -0.393 e. The van der Waals surface area contributed by atoms with E-state index in [0.717, 1.165) is 25.9 Å². The van der Waals surface area contributed by atoms with Crippen LogP contribution in [0.1, 0.15) is 46.0 Å². The first-order valence-electron chi connectivity index (χ1n) is 6.97. The molecule has 0 amide bonds. The molecule has 3 unspecified atom stereocenters. The van der Waals surface area contributed by atoms with E-state index in [2.05, 4.69) is 18.7 Å². The molecule has 1 heterocycles. The number of nitrogens with zero attached hydrogens (tertiary/aromatic N) is 1. The highest BCUT2D eigenvalue weighted by Crippen LogP contribution is 2.41. The van der Waals surface area contributed by atoms with Gasteiger partial charge in [0.15, 0.2) is 0 Å². The Labute approximate surface area is 105 Å². The monoisotopic (exact) mass is 241 g/mol. The van der Waals surface area contributed by atoms with Crippen LogP contribution < -0.4 is 0 Å². The van der Waals surface area contributed by atoms with Crippen LogP contribution in [0.5, 0.6) is 0 Å². The second-order valence-electron chi connectivity index (χ2n) is 6.42. The van der Waals surface area contributed by atoms with Gasteiger partial charge in [0.25, 0.3) is 0 Å². The van der Waals surface area contributed by atoms with Gasteiger partial charge in [-0.15, -0.1) is 0 Å². The molecule has 1 aliphatic heterocycles. The minimum atomic E-state index is -0.100. The van der Waals surface area contributed by atoms with Crippen molar-refractivity contribution < 1.29 is 9.84 Å². The van der Waals surface area contributed by atoms with Crippen LogP contribution in [0.2, 0.25) is 0 Å². The number of aliphatic hydroxyl groups is 1. The van der Waals surface area contributed by atoms with E-state index in [1.807, 2.05) is 0 Å². The molecule has 2 rings (SSSR count).